The minimum atomic E-state index is -1.70. The van der Waals surface area contributed by atoms with Gasteiger partial charge in [-0.2, -0.15) is 0 Å². The second-order valence-electron chi connectivity index (χ2n) is 5.88. The quantitative estimate of drug-likeness (QED) is 0.410. The number of para-hydroxylation sites is 1. The summed E-state index contributed by atoms with van der Waals surface area (Å²) in [5.74, 6) is -1.04. The summed E-state index contributed by atoms with van der Waals surface area (Å²) in [4.78, 5) is 16.2. The molecule has 146 valence electrons. The lowest BCUT2D eigenvalue weighted by molar-refractivity contribution is 0.0693. The number of fused-ring (bicyclic) bond motifs is 1. The van der Waals surface area contributed by atoms with Gasteiger partial charge < -0.3 is 9.52 Å². The lowest BCUT2D eigenvalue weighted by atomic mass is 10.2. The first-order valence-electron chi connectivity index (χ1n) is 8.34. The van der Waals surface area contributed by atoms with Crippen LogP contribution in [0.4, 0.5) is 5.69 Å². The maximum Gasteiger partial charge on any atom is 0.336 e. The number of furan rings is 1. The summed E-state index contributed by atoms with van der Waals surface area (Å²) >= 11 is 7.21. The Morgan fingerprint density at radius 2 is 1.90 bits per heavy atom. The second kappa shape index (κ2) is 8.28. The maximum atomic E-state index is 12.8. The van der Waals surface area contributed by atoms with Crippen LogP contribution in [-0.4, -0.2) is 20.3 Å². The van der Waals surface area contributed by atoms with Crippen LogP contribution < -0.4 is 4.72 Å². The fourth-order valence-electron chi connectivity index (χ4n) is 2.62. The number of anilines is 1. The highest BCUT2D eigenvalue weighted by Gasteiger charge is 2.17. The Bertz CT molecular complexity index is 1210. The Kier molecular flexibility index (Phi) is 5.57. The molecule has 0 amide bonds. The van der Waals surface area contributed by atoms with Crippen molar-refractivity contribution < 1.29 is 18.5 Å². The van der Waals surface area contributed by atoms with Crippen LogP contribution in [-0.2, 0) is 11.0 Å². The van der Waals surface area contributed by atoms with Crippen LogP contribution in [0.3, 0.4) is 0 Å². The van der Waals surface area contributed by atoms with Gasteiger partial charge in [-0.05, 0) is 24.3 Å². The van der Waals surface area contributed by atoms with Gasteiger partial charge in [0.1, 0.15) is 10.6 Å². The Balaban J connectivity index is 1.65. The van der Waals surface area contributed by atoms with Crippen molar-refractivity contribution in [2.24, 2.45) is 0 Å². The molecule has 0 saturated heterocycles. The number of aromatic carboxylic acids is 1. The molecule has 0 bridgehead atoms. The molecule has 4 rings (SSSR count). The number of aromatic nitrogens is 1. The van der Waals surface area contributed by atoms with Crippen molar-refractivity contribution in [2.75, 3.05) is 4.72 Å². The summed E-state index contributed by atoms with van der Waals surface area (Å²) in [5.41, 5.74) is 1.19. The minimum Gasteiger partial charge on any atom is -0.478 e. The van der Waals surface area contributed by atoms with E-state index < -0.39 is 17.0 Å². The van der Waals surface area contributed by atoms with Gasteiger partial charge in [0.05, 0.1) is 16.3 Å². The highest BCUT2D eigenvalue weighted by molar-refractivity contribution is 7.99. The number of halogens is 1. The first kappa shape index (κ1) is 19.5. The van der Waals surface area contributed by atoms with E-state index in [0.717, 1.165) is 17.1 Å². The number of nitrogens with one attached hydrogen (secondary N) is 1. The molecule has 0 aliphatic rings. The molecule has 6 nitrogen and oxygen atoms in total. The summed E-state index contributed by atoms with van der Waals surface area (Å²) < 4.78 is 21.3. The van der Waals surface area contributed by atoms with E-state index >= 15 is 0 Å². The van der Waals surface area contributed by atoms with Crippen LogP contribution in [0.25, 0.3) is 11.0 Å². The van der Waals surface area contributed by atoms with E-state index in [1.54, 1.807) is 36.4 Å². The van der Waals surface area contributed by atoms with Crippen molar-refractivity contribution >= 4 is 57.0 Å². The van der Waals surface area contributed by atoms with E-state index in [1.807, 2.05) is 18.2 Å². The van der Waals surface area contributed by atoms with Gasteiger partial charge in [-0.25, -0.2) is 14.0 Å². The number of pyridine rings is 1. The standard InChI is InChI=1S/C20H13ClN2O4S2/c21-13-10-15(23-29(26)18-9-12-5-1-3-7-16(12)27-18)19(22-11-13)28-17-8-4-2-6-14(17)20(24)25/h1-11,23H,(H,24,25). The monoisotopic (exact) mass is 444 g/mol. The molecule has 0 saturated carbocycles. The van der Waals surface area contributed by atoms with Crippen LogP contribution in [0.1, 0.15) is 10.4 Å². The molecule has 0 radical (unpaired) electrons. The molecule has 0 aliphatic heterocycles. The molecule has 1 atom stereocenters. The first-order chi connectivity index (χ1) is 14.0. The third-order valence-corrected chi connectivity index (χ3v) is 6.20. The van der Waals surface area contributed by atoms with Crippen molar-refractivity contribution in [2.45, 2.75) is 15.0 Å². The molecule has 0 spiro atoms. The molecule has 4 aromatic rings. The number of hydrogen-bond acceptors (Lipinski definition) is 5. The molecule has 1 unspecified atom stereocenters. The van der Waals surface area contributed by atoms with E-state index in [9.17, 15) is 14.1 Å². The normalized spacial score (nSPS) is 12.0. The molecule has 2 N–H and O–H groups in total. The van der Waals surface area contributed by atoms with Gasteiger partial charge >= 0.3 is 5.97 Å². The molecule has 29 heavy (non-hydrogen) atoms. The lowest BCUT2D eigenvalue weighted by Crippen LogP contribution is -2.06. The molecule has 2 aromatic carbocycles. The third kappa shape index (κ3) is 4.29. The number of carboxylic acid groups (broad SMARTS) is 1. The molecule has 9 heteroatoms. The van der Waals surface area contributed by atoms with Crippen molar-refractivity contribution in [1.82, 2.24) is 4.98 Å². The largest absolute Gasteiger partial charge is 0.478 e. The van der Waals surface area contributed by atoms with Crippen LogP contribution in [0.2, 0.25) is 5.02 Å². The van der Waals surface area contributed by atoms with Gasteiger partial charge in [0.15, 0.2) is 11.0 Å². The Hall–Kier alpha value is -2.81. The predicted molar refractivity (Wildman–Crippen MR) is 113 cm³/mol. The maximum absolute atomic E-state index is 12.8. The van der Waals surface area contributed by atoms with E-state index in [0.29, 0.717) is 26.2 Å². The van der Waals surface area contributed by atoms with Gasteiger partial charge in [-0.15, -0.1) is 0 Å². The van der Waals surface area contributed by atoms with Crippen molar-refractivity contribution in [3.63, 3.8) is 0 Å². The Morgan fingerprint density at radius 1 is 1.14 bits per heavy atom. The Labute approximate surface area is 177 Å². The summed E-state index contributed by atoms with van der Waals surface area (Å²) in [6, 6.07) is 17.2. The summed E-state index contributed by atoms with van der Waals surface area (Å²) in [6.45, 7) is 0. The average Bonchev–Trinajstić information content (AvgIpc) is 3.15. The van der Waals surface area contributed by atoms with E-state index in [-0.39, 0.29) is 10.7 Å². The second-order valence-corrected chi connectivity index (χ2v) is 8.49. The zero-order valence-corrected chi connectivity index (χ0v) is 17.1. The SMILES string of the molecule is O=C(O)c1ccccc1Sc1ncc(Cl)cc1NS(=O)c1cc2ccccc2o1. The van der Waals surface area contributed by atoms with E-state index in [4.69, 9.17) is 16.0 Å². The van der Waals surface area contributed by atoms with Crippen LogP contribution >= 0.6 is 23.4 Å². The van der Waals surface area contributed by atoms with Crippen molar-refractivity contribution in [3.8, 4) is 0 Å². The summed E-state index contributed by atoms with van der Waals surface area (Å²) in [7, 11) is -1.70. The molecular weight excluding hydrogens is 432 g/mol. The lowest BCUT2D eigenvalue weighted by Gasteiger charge is -2.11. The number of nitrogens with zero attached hydrogens (tertiary/aromatic N) is 1. The number of rotatable bonds is 6. The van der Waals surface area contributed by atoms with Crippen LogP contribution in [0.15, 0.2) is 86.3 Å². The zero-order valence-electron chi connectivity index (χ0n) is 14.7. The van der Waals surface area contributed by atoms with Crippen LogP contribution in [0, 0.1) is 0 Å². The summed E-state index contributed by atoms with van der Waals surface area (Å²) in [6.07, 6.45) is 1.45. The molecular formula is C20H13ClN2O4S2. The van der Waals surface area contributed by atoms with Gasteiger partial charge in [-0.3, -0.25) is 4.72 Å². The zero-order chi connectivity index (χ0) is 20.4. The fraction of sp³-hybridized carbons (Fsp3) is 0. The van der Waals surface area contributed by atoms with Gasteiger partial charge in [0.25, 0.3) is 0 Å². The highest BCUT2D eigenvalue weighted by atomic mass is 35.5. The third-order valence-electron chi connectivity index (χ3n) is 3.93. The van der Waals surface area contributed by atoms with E-state index in [2.05, 4.69) is 9.71 Å². The fourth-order valence-corrected chi connectivity index (χ4v) is 4.64. The van der Waals surface area contributed by atoms with Crippen molar-refractivity contribution in [1.29, 1.82) is 0 Å². The number of hydrogen-bond donors (Lipinski definition) is 2. The highest BCUT2D eigenvalue weighted by Crippen LogP contribution is 2.36. The predicted octanol–water partition coefficient (Wildman–Crippen LogP) is 5.47. The topological polar surface area (TPSA) is 92.4 Å². The average molecular weight is 445 g/mol. The van der Waals surface area contributed by atoms with Gasteiger partial charge in [-0.1, -0.05) is 53.7 Å². The van der Waals surface area contributed by atoms with Crippen LogP contribution in [0.5, 0.6) is 0 Å². The van der Waals surface area contributed by atoms with E-state index in [1.165, 1.54) is 12.3 Å². The van der Waals surface area contributed by atoms with Gasteiger partial charge in [0, 0.05) is 22.5 Å². The number of carboxylic acids is 1. The molecule has 0 aliphatic carbocycles. The Morgan fingerprint density at radius 3 is 2.69 bits per heavy atom. The number of benzene rings is 2. The minimum absolute atomic E-state index is 0.151. The first-order valence-corrected chi connectivity index (χ1v) is 10.7. The van der Waals surface area contributed by atoms with Crippen molar-refractivity contribution in [3.05, 3.63) is 77.4 Å². The molecule has 0 fully saturated rings. The molecule has 2 aromatic heterocycles. The molecule has 2 heterocycles. The number of carbonyl (C=O) groups is 1. The van der Waals surface area contributed by atoms with Gasteiger partial charge in [0.2, 0.25) is 5.09 Å². The smallest absolute Gasteiger partial charge is 0.336 e. The summed E-state index contributed by atoms with van der Waals surface area (Å²) in [5, 5.41) is 11.3.